The van der Waals surface area contributed by atoms with Gasteiger partial charge in [-0.2, -0.15) is 0 Å². The second-order valence-corrected chi connectivity index (χ2v) is 6.59. The molecule has 3 unspecified atom stereocenters. The Hall–Kier alpha value is -1.93. The number of aliphatic carboxylic acids is 2. The highest BCUT2D eigenvalue weighted by Gasteiger charge is 2.46. The zero-order valence-corrected chi connectivity index (χ0v) is 16.6. The molecule has 0 aliphatic heterocycles. The number of aliphatic hydroxyl groups excluding tert-OH is 1. The molecule has 0 bridgehead atoms. The largest absolute Gasteiger partial charge is 0.544 e. The second-order valence-electron chi connectivity index (χ2n) is 6.59. The van der Waals surface area contributed by atoms with Gasteiger partial charge < -0.3 is 29.9 Å². The molecule has 1 amide bonds. The molecule has 0 saturated heterocycles. The van der Waals surface area contributed by atoms with Gasteiger partial charge in [-0.15, -0.1) is 0 Å². The molecule has 0 rings (SSSR count). The summed E-state index contributed by atoms with van der Waals surface area (Å²) in [6, 6.07) is -2.10. The van der Waals surface area contributed by atoms with Crippen LogP contribution in [0.25, 0.3) is 0 Å². The summed E-state index contributed by atoms with van der Waals surface area (Å²) in [4.78, 5) is 35.4. The lowest BCUT2D eigenvalue weighted by molar-refractivity contribution is -0.959. The van der Waals surface area contributed by atoms with Crippen molar-refractivity contribution in [2.24, 2.45) is 0 Å². The SMILES string of the molecule is CCC/C=C/CC(=O)NCC[N+](CCO)(C(CC)C(=O)[O-])C(CC)C(=O)O. The van der Waals surface area contributed by atoms with Crippen LogP contribution in [0, 0.1) is 0 Å². The van der Waals surface area contributed by atoms with Gasteiger partial charge >= 0.3 is 5.97 Å². The van der Waals surface area contributed by atoms with Crippen LogP contribution in [0.2, 0.25) is 0 Å². The van der Waals surface area contributed by atoms with Crippen LogP contribution in [-0.2, 0) is 14.4 Å². The minimum absolute atomic E-state index is 0.0381. The van der Waals surface area contributed by atoms with Gasteiger partial charge in [0.05, 0.1) is 25.7 Å². The molecule has 3 atom stereocenters. The normalized spacial score (nSPS) is 15.9. The van der Waals surface area contributed by atoms with E-state index in [0.717, 1.165) is 12.8 Å². The Labute approximate surface area is 161 Å². The summed E-state index contributed by atoms with van der Waals surface area (Å²) in [7, 11) is 0. The van der Waals surface area contributed by atoms with E-state index in [1.807, 2.05) is 13.0 Å². The fraction of sp³-hybridized carbons (Fsp3) is 0.737. The molecule has 27 heavy (non-hydrogen) atoms. The molecule has 0 radical (unpaired) electrons. The summed E-state index contributed by atoms with van der Waals surface area (Å²) >= 11 is 0. The summed E-state index contributed by atoms with van der Waals surface area (Å²) in [6.45, 7) is 5.16. The van der Waals surface area contributed by atoms with Crippen LogP contribution in [0.1, 0.15) is 52.9 Å². The first-order chi connectivity index (χ1) is 12.8. The number of carboxylic acids is 2. The van der Waals surface area contributed by atoms with Crippen LogP contribution in [-0.4, -0.2) is 70.9 Å². The number of carbonyl (C=O) groups excluding carboxylic acids is 2. The van der Waals surface area contributed by atoms with E-state index in [4.69, 9.17) is 0 Å². The molecular weight excluding hydrogens is 352 g/mol. The zero-order valence-electron chi connectivity index (χ0n) is 16.6. The van der Waals surface area contributed by atoms with Gasteiger partial charge in [-0.05, 0) is 6.42 Å². The van der Waals surface area contributed by atoms with Crippen molar-refractivity contribution in [2.45, 2.75) is 65.0 Å². The molecule has 3 N–H and O–H groups in total. The zero-order chi connectivity index (χ0) is 20.9. The average Bonchev–Trinajstić information content (AvgIpc) is 2.59. The monoisotopic (exact) mass is 386 g/mol. The number of amides is 1. The maximum atomic E-state index is 11.9. The molecule has 0 spiro atoms. The molecule has 0 aromatic carbocycles. The minimum Gasteiger partial charge on any atom is -0.544 e. The van der Waals surface area contributed by atoms with E-state index in [-0.39, 0.29) is 55.9 Å². The Kier molecular flexibility index (Phi) is 12.3. The van der Waals surface area contributed by atoms with E-state index in [2.05, 4.69) is 5.32 Å². The molecule has 8 heteroatoms. The number of nitrogens with one attached hydrogen (secondary N) is 1. The molecule has 0 aliphatic rings. The van der Waals surface area contributed by atoms with Gasteiger partial charge in [0.15, 0.2) is 6.04 Å². The van der Waals surface area contributed by atoms with Crippen molar-refractivity contribution in [3.8, 4) is 0 Å². The van der Waals surface area contributed by atoms with E-state index in [0.29, 0.717) is 0 Å². The van der Waals surface area contributed by atoms with Crippen LogP contribution < -0.4 is 10.4 Å². The molecule has 0 heterocycles. The number of carboxylic acid groups (broad SMARTS) is 2. The van der Waals surface area contributed by atoms with Crippen molar-refractivity contribution >= 4 is 17.8 Å². The summed E-state index contributed by atoms with van der Waals surface area (Å²) in [5.74, 6) is -2.69. The molecule has 0 aromatic heterocycles. The Morgan fingerprint density at radius 2 is 1.70 bits per heavy atom. The molecule has 8 nitrogen and oxygen atoms in total. The number of unbranched alkanes of at least 4 members (excludes halogenated alkanes) is 1. The standard InChI is InChI=1S/C19H34N2O6/c1-4-7-8-9-10-17(23)20-11-12-21(13-14-22,15(5-2)18(24)25)16(6-3)19(26)27/h8-9,15-16,22H,4-7,10-14H2,1-3H3,(H2-,20,23,24,25,26,27)/b9-8+. The molecule has 0 saturated carbocycles. The Balaban J connectivity index is 5.37. The predicted octanol–water partition coefficient (Wildman–Crippen LogP) is 0.0498. The van der Waals surface area contributed by atoms with Gasteiger partial charge in [0, 0.05) is 19.3 Å². The Morgan fingerprint density at radius 1 is 1.07 bits per heavy atom. The van der Waals surface area contributed by atoms with Crippen LogP contribution >= 0.6 is 0 Å². The minimum atomic E-state index is -1.35. The van der Waals surface area contributed by atoms with Crippen LogP contribution in [0.4, 0.5) is 0 Å². The van der Waals surface area contributed by atoms with Gasteiger partial charge in [-0.25, -0.2) is 4.79 Å². The lowest BCUT2D eigenvalue weighted by atomic mass is 10.0. The number of hydrogen-bond donors (Lipinski definition) is 3. The Bertz CT molecular complexity index is 484. The van der Waals surface area contributed by atoms with Crippen LogP contribution in [0.15, 0.2) is 12.2 Å². The summed E-state index contributed by atoms with van der Waals surface area (Å²) in [6.07, 6.45) is 6.17. The highest BCUT2D eigenvalue weighted by Crippen LogP contribution is 2.24. The number of hydrogen-bond acceptors (Lipinski definition) is 5. The van der Waals surface area contributed by atoms with Crippen molar-refractivity contribution < 1.29 is 34.2 Å². The molecule has 0 aliphatic carbocycles. The summed E-state index contributed by atoms with van der Waals surface area (Å²) < 4.78 is -0.354. The van der Waals surface area contributed by atoms with Crippen molar-refractivity contribution in [3.63, 3.8) is 0 Å². The van der Waals surface area contributed by atoms with Gasteiger partial charge in [0.2, 0.25) is 5.91 Å². The fourth-order valence-electron chi connectivity index (χ4n) is 3.59. The Morgan fingerprint density at radius 3 is 2.15 bits per heavy atom. The molecule has 0 fully saturated rings. The van der Waals surface area contributed by atoms with Crippen LogP contribution in [0.3, 0.4) is 0 Å². The van der Waals surface area contributed by atoms with Crippen molar-refractivity contribution in [3.05, 3.63) is 12.2 Å². The third-order valence-corrected chi connectivity index (χ3v) is 4.86. The van der Waals surface area contributed by atoms with Crippen molar-refractivity contribution in [1.29, 1.82) is 0 Å². The van der Waals surface area contributed by atoms with Crippen molar-refractivity contribution in [1.82, 2.24) is 5.32 Å². The van der Waals surface area contributed by atoms with Gasteiger partial charge in [-0.1, -0.05) is 39.3 Å². The highest BCUT2D eigenvalue weighted by atomic mass is 16.4. The van der Waals surface area contributed by atoms with E-state index in [1.165, 1.54) is 0 Å². The number of quaternary nitrogens is 1. The lowest BCUT2D eigenvalue weighted by Crippen LogP contribution is -2.70. The number of nitrogens with zero attached hydrogens (tertiary/aromatic N) is 1. The third kappa shape index (κ3) is 7.68. The highest BCUT2D eigenvalue weighted by molar-refractivity contribution is 5.77. The lowest BCUT2D eigenvalue weighted by Gasteiger charge is -2.48. The summed E-state index contributed by atoms with van der Waals surface area (Å²) in [5.41, 5.74) is 0. The van der Waals surface area contributed by atoms with E-state index < -0.39 is 24.0 Å². The maximum Gasteiger partial charge on any atom is 0.362 e. The summed E-state index contributed by atoms with van der Waals surface area (Å²) in [5, 5.41) is 33.6. The number of allylic oxidation sites excluding steroid dienone is 1. The van der Waals surface area contributed by atoms with Crippen LogP contribution in [0.5, 0.6) is 0 Å². The van der Waals surface area contributed by atoms with E-state index in [1.54, 1.807) is 19.9 Å². The van der Waals surface area contributed by atoms with Crippen molar-refractivity contribution in [2.75, 3.05) is 26.2 Å². The maximum absolute atomic E-state index is 11.9. The quantitative estimate of drug-likeness (QED) is 0.270. The molecule has 156 valence electrons. The number of rotatable bonds is 15. The smallest absolute Gasteiger partial charge is 0.362 e. The number of aliphatic hydroxyl groups is 1. The molecular formula is C19H34N2O6. The van der Waals surface area contributed by atoms with E-state index >= 15 is 0 Å². The van der Waals surface area contributed by atoms with E-state index in [9.17, 15) is 29.7 Å². The van der Waals surface area contributed by atoms with Gasteiger partial charge in [0.1, 0.15) is 12.6 Å². The first-order valence-electron chi connectivity index (χ1n) is 9.63. The predicted molar refractivity (Wildman–Crippen MR) is 99.6 cm³/mol. The topological polar surface area (TPSA) is 127 Å². The van der Waals surface area contributed by atoms with Gasteiger partial charge in [-0.3, -0.25) is 4.79 Å². The first kappa shape index (κ1) is 25.1. The fourth-order valence-corrected chi connectivity index (χ4v) is 3.59. The molecule has 0 aromatic rings. The average molecular weight is 386 g/mol. The third-order valence-electron chi connectivity index (χ3n) is 4.86. The second kappa shape index (κ2) is 13.3. The number of carbonyl (C=O) groups is 3. The van der Waals surface area contributed by atoms with Gasteiger partial charge in [0.25, 0.3) is 0 Å². The first-order valence-corrected chi connectivity index (χ1v) is 9.63.